The van der Waals surface area contributed by atoms with Gasteiger partial charge in [0.25, 0.3) is 0 Å². The largest absolute Gasteiger partial charge is 0.493 e. The molecule has 1 saturated carbocycles. The van der Waals surface area contributed by atoms with Gasteiger partial charge in [-0.2, -0.15) is 0 Å². The van der Waals surface area contributed by atoms with E-state index in [2.05, 4.69) is 11.2 Å². The monoisotopic (exact) mass is 552 g/mol. The number of methoxy groups -OCH3 is 3. The van der Waals surface area contributed by atoms with Gasteiger partial charge in [-0.05, 0) is 62.3 Å². The molecule has 1 N–H and O–H groups in total. The molecule has 40 heavy (non-hydrogen) atoms. The van der Waals surface area contributed by atoms with Crippen molar-refractivity contribution in [1.29, 1.82) is 0 Å². The standard InChI is InChI=1S/C31H40N2O7/c1-6-14-32-28(34)17-23-19-31(30(36)39-5)20(2)40-25(22-9-7-8-10-22)18-27(31)33(29(23)35)15-13-21-11-12-24(37-3)26(16-21)38-4/h1,11-12,16,18,20,22-23,25H,7-10,13-15,17,19H2,2-5H3,(H,32,34)/t20-,23+,25-,31+/m1/s1. The van der Waals surface area contributed by atoms with E-state index >= 15 is 0 Å². The highest BCUT2D eigenvalue weighted by Gasteiger charge is 2.60. The summed E-state index contributed by atoms with van der Waals surface area (Å²) in [6, 6.07) is 5.64. The predicted octanol–water partition coefficient (Wildman–Crippen LogP) is 3.26. The Balaban J connectivity index is 1.73. The van der Waals surface area contributed by atoms with Gasteiger partial charge in [0.15, 0.2) is 11.5 Å². The molecule has 0 radical (unpaired) electrons. The highest BCUT2D eigenvalue weighted by Crippen LogP contribution is 2.51. The summed E-state index contributed by atoms with van der Waals surface area (Å²) in [7, 11) is 4.51. The number of nitrogens with zero attached hydrogens (tertiary/aromatic N) is 1. The van der Waals surface area contributed by atoms with Gasteiger partial charge in [0.2, 0.25) is 11.8 Å². The average molecular weight is 553 g/mol. The number of ether oxygens (including phenoxy) is 4. The number of fused-ring (bicyclic) bond motifs is 1. The molecule has 0 spiro atoms. The van der Waals surface area contributed by atoms with Crippen LogP contribution >= 0.6 is 0 Å². The summed E-state index contributed by atoms with van der Waals surface area (Å²) in [4.78, 5) is 42.0. The van der Waals surface area contributed by atoms with Crippen LogP contribution in [0.5, 0.6) is 11.5 Å². The Morgan fingerprint density at radius 2 is 1.90 bits per heavy atom. The summed E-state index contributed by atoms with van der Waals surface area (Å²) >= 11 is 0. The predicted molar refractivity (Wildman–Crippen MR) is 148 cm³/mol. The molecule has 2 heterocycles. The van der Waals surface area contributed by atoms with Crippen LogP contribution in [0, 0.1) is 29.6 Å². The Bertz CT molecular complexity index is 1180. The van der Waals surface area contributed by atoms with Gasteiger partial charge >= 0.3 is 5.97 Å². The number of hydrogen-bond donors (Lipinski definition) is 1. The number of hydrogen-bond acceptors (Lipinski definition) is 7. The van der Waals surface area contributed by atoms with Crippen LogP contribution in [0.25, 0.3) is 0 Å². The van der Waals surface area contributed by atoms with Crippen LogP contribution < -0.4 is 14.8 Å². The quantitative estimate of drug-likeness (QED) is 0.351. The van der Waals surface area contributed by atoms with Gasteiger partial charge in [0, 0.05) is 24.6 Å². The fraction of sp³-hybridized carbons (Fsp3) is 0.581. The molecule has 2 amide bonds. The SMILES string of the molecule is C#CCNC(=O)C[C@H]1C[C@@]2(C(=O)OC)C(=C[C@H](C3CCCC3)O[C@@H]2C)N(CCc2ccc(OC)c(OC)c2)C1=O. The zero-order chi connectivity index (χ0) is 28.9. The smallest absolute Gasteiger partial charge is 0.320 e. The molecule has 0 aromatic heterocycles. The first-order chi connectivity index (χ1) is 19.3. The Morgan fingerprint density at radius 3 is 2.55 bits per heavy atom. The van der Waals surface area contributed by atoms with Crippen LogP contribution in [0.2, 0.25) is 0 Å². The molecule has 0 bridgehead atoms. The number of amides is 2. The van der Waals surface area contributed by atoms with Crippen LogP contribution in [0.15, 0.2) is 30.0 Å². The van der Waals surface area contributed by atoms with E-state index in [0.717, 1.165) is 31.2 Å². The summed E-state index contributed by atoms with van der Waals surface area (Å²) in [5, 5.41) is 2.65. The van der Waals surface area contributed by atoms with Crippen LogP contribution in [-0.4, -0.2) is 69.3 Å². The molecule has 9 nitrogen and oxygen atoms in total. The number of esters is 1. The van der Waals surface area contributed by atoms with Crippen LogP contribution in [-0.2, 0) is 30.3 Å². The van der Waals surface area contributed by atoms with E-state index in [9.17, 15) is 14.4 Å². The molecule has 1 saturated heterocycles. The second kappa shape index (κ2) is 12.8. The molecule has 0 unspecified atom stereocenters. The van der Waals surface area contributed by atoms with Gasteiger partial charge in [-0.15, -0.1) is 6.42 Å². The van der Waals surface area contributed by atoms with E-state index in [1.807, 2.05) is 31.2 Å². The van der Waals surface area contributed by atoms with Crippen molar-refractivity contribution < 1.29 is 33.3 Å². The van der Waals surface area contributed by atoms with Crippen molar-refractivity contribution in [2.24, 2.45) is 17.3 Å². The van der Waals surface area contributed by atoms with Crippen LogP contribution in [0.4, 0.5) is 0 Å². The first-order valence-electron chi connectivity index (χ1n) is 14.0. The summed E-state index contributed by atoms with van der Waals surface area (Å²) in [6.45, 7) is 2.26. The first-order valence-corrected chi connectivity index (χ1v) is 14.0. The highest BCUT2D eigenvalue weighted by atomic mass is 16.5. The van der Waals surface area contributed by atoms with Crippen LogP contribution in [0.1, 0.15) is 51.0 Å². The van der Waals surface area contributed by atoms with E-state index in [0.29, 0.717) is 36.1 Å². The number of terminal acetylenes is 1. The van der Waals surface area contributed by atoms with Gasteiger partial charge in [-0.3, -0.25) is 14.4 Å². The molecule has 1 aromatic rings. The molecular formula is C31H40N2O7. The van der Waals surface area contributed by atoms with Crippen LogP contribution in [0.3, 0.4) is 0 Å². The molecule has 4 rings (SSSR count). The van der Waals surface area contributed by atoms with Crippen molar-refractivity contribution in [3.8, 4) is 23.8 Å². The summed E-state index contributed by atoms with van der Waals surface area (Å²) in [5.74, 6) is 2.19. The maximum absolute atomic E-state index is 14.0. The van der Waals surface area contributed by atoms with Crippen molar-refractivity contribution in [3.63, 3.8) is 0 Å². The lowest BCUT2D eigenvalue weighted by Gasteiger charge is -2.52. The number of benzene rings is 1. The maximum Gasteiger partial charge on any atom is 0.320 e. The van der Waals surface area contributed by atoms with E-state index in [-0.39, 0.29) is 37.3 Å². The molecule has 1 aliphatic carbocycles. The third-order valence-electron chi connectivity index (χ3n) is 8.61. The molecule has 3 aliphatic rings. The number of likely N-dealkylation sites (tertiary alicyclic amines) is 1. The third kappa shape index (κ3) is 5.68. The number of carbonyl (C=O) groups excluding carboxylic acids is 3. The zero-order valence-electron chi connectivity index (χ0n) is 23.9. The third-order valence-corrected chi connectivity index (χ3v) is 8.61. The average Bonchev–Trinajstić information content (AvgIpc) is 3.51. The molecular weight excluding hydrogens is 512 g/mol. The molecule has 9 heteroatoms. The van der Waals surface area contributed by atoms with Crippen molar-refractivity contribution in [3.05, 3.63) is 35.5 Å². The van der Waals surface area contributed by atoms with Crippen molar-refractivity contribution >= 4 is 17.8 Å². The summed E-state index contributed by atoms with van der Waals surface area (Å²) < 4.78 is 22.7. The van der Waals surface area contributed by atoms with Gasteiger partial charge in [-0.25, -0.2) is 0 Å². The summed E-state index contributed by atoms with van der Waals surface area (Å²) in [6.07, 6.45) is 11.5. The van der Waals surface area contributed by atoms with E-state index in [1.165, 1.54) is 7.11 Å². The molecule has 2 fully saturated rings. The lowest BCUT2D eigenvalue weighted by molar-refractivity contribution is -0.177. The minimum absolute atomic E-state index is 0.0681. The topological polar surface area (TPSA) is 103 Å². The minimum Gasteiger partial charge on any atom is -0.493 e. The van der Waals surface area contributed by atoms with E-state index in [4.69, 9.17) is 25.4 Å². The Hall–Kier alpha value is -3.51. The maximum atomic E-state index is 14.0. The molecule has 1 aromatic carbocycles. The van der Waals surface area contributed by atoms with Crippen molar-refractivity contribution in [1.82, 2.24) is 10.2 Å². The zero-order valence-corrected chi connectivity index (χ0v) is 23.9. The fourth-order valence-electron chi connectivity index (χ4n) is 6.50. The van der Waals surface area contributed by atoms with E-state index < -0.39 is 23.4 Å². The van der Waals surface area contributed by atoms with Gasteiger partial charge in [-0.1, -0.05) is 24.8 Å². The number of nitrogens with one attached hydrogen (secondary N) is 1. The fourth-order valence-corrected chi connectivity index (χ4v) is 6.50. The lowest BCUT2D eigenvalue weighted by atomic mass is 9.66. The normalized spacial score (nSPS) is 26.4. The highest BCUT2D eigenvalue weighted by molar-refractivity contribution is 5.92. The van der Waals surface area contributed by atoms with E-state index in [1.54, 1.807) is 19.1 Å². The summed E-state index contributed by atoms with van der Waals surface area (Å²) in [5.41, 5.74) is 0.351. The van der Waals surface area contributed by atoms with Gasteiger partial charge < -0.3 is 29.2 Å². The first kappa shape index (κ1) is 29.5. The van der Waals surface area contributed by atoms with Gasteiger partial charge in [0.1, 0.15) is 5.41 Å². The number of rotatable bonds is 10. The van der Waals surface area contributed by atoms with Crippen molar-refractivity contribution in [2.75, 3.05) is 34.4 Å². The van der Waals surface area contributed by atoms with Gasteiger partial charge in [0.05, 0.1) is 40.1 Å². The Kier molecular flexibility index (Phi) is 9.41. The molecule has 2 aliphatic heterocycles. The minimum atomic E-state index is -1.22. The molecule has 216 valence electrons. The number of piperidine rings is 1. The Morgan fingerprint density at radius 1 is 1.18 bits per heavy atom. The van der Waals surface area contributed by atoms with Crippen molar-refractivity contribution in [2.45, 2.75) is 64.1 Å². The number of carbonyl (C=O) groups is 3. The second-order valence-electron chi connectivity index (χ2n) is 10.8. The Labute approximate surface area is 236 Å². The lowest BCUT2D eigenvalue weighted by Crippen LogP contribution is -2.61. The molecule has 4 atom stereocenters. The second-order valence-corrected chi connectivity index (χ2v) is 10.8.